The number of nitrogens with zero attached hydrogens (tertiary/aromatic N) is 1. The van der Waals surface area contributed by atoms with Crippen molar-refractivity contribution < 1.29 is 0 Å². The summed E-state index contributed by atoms with van der Waals surface area (Å²) >= 11 is 0. The monoisotopic (exact) mass is 462 g/mol. The summed E-state index contributed by atoms with van der Waals surface area (Å²) in [5.74, 6) is 0. The van der Waals surface area contributed by atoms with E-state index in [0.29, 0.717) is 5.54 Å². The zero-order chi connectivity index (χ0) is 24.6. The fraction of sp³-hybridized carbons (Fsp3) is 0.344. The molecule has 3 aliphatic rings. The van der Waals surface area contributed by atoms with Crippen LogP contribution < -0.4 is 0 Å². The maximum Gasteiger partial charge on any atom is 0.0711 e. The summed E-state index contributed by atoms with van der Waals surface area (Å²) in [4.78, 5) is 4.43. The average Bonchev–Trinajstić information content (AvgIpc) is 3.42. The van der Waals surface area contributed by atoms with E-state index in [1.807, 2.05) is 0 Å². The van der Waals surface area contributed by atoms with Crippen molar-refractivity contribution in [3.05, 3.63) is 99.3 Å². The normalized spacial score (nSPS) is 18.5. The SMILES string of the molecule is CC1=CC=C2N=C(C)C(C)=C12.CCCC1=Cc2c(-c3ccc(C(C)(C)C)cc3)cccc2C1[Si]. The molecule has 1 atom stereocenters. The van der Waals surface area contributed by atoms with E-state index < -0.39 is 0 Å². The molecule has 1 aliphatic heterocycles. The third-order valence-electron chi connectivity index (χ3n) is 7.10. The second-order valence-corrected chi connectivity index (χ2v) is 11.2. The summed E-state index contributed by atoms with van der Waals surface area (Å²) in [7, 11) is 3.94. The second-order valence-electron chi connectivity index (χ2n) is 10.6. The molecule has 3 radical (unpaired) electrons. The molecule has 1 heterocycles. The highest BCUT2D eigenvalue weighted by Gasteiger charge is 2.23. The van der Waals surface area contributed by atoms with E-state index in [0.717, 1.165) is 12.1 Å². The molecule has 0 fully saturated rings. The first-order chi connectivity index (χ1) is 16.1. The van der Waals surface area contributed by atoms with Gasteiger partial charge in [0.1, 0.15) is 0 Å². The molecule has 0 saturated carbocycles. The highest BCUT2D eigenvalue weighted by molar-refractivity contribution is 6.16. The van der Waals surface area contributed by atoms with Crippen LogP contribution in [0.4, 0.5) is 0 Å². The molecule has 0 N–H and O–H groups in total. The molecule has 5 rings (SSSR count). The smallest absolute Gasteiger partial charge is 0.0711 e. The van der Waals surface area contributed by atoms with Gasteiger partial charge in [0.05, 0.1) is 5.70 Å². The number of hydrogen-bond acceptors (Lipinski definition) is 1. The first kappa shape index (κ1) is 24.4. The lowest BCUT2D eigenvalue weighted by molar-refractivity contribution is 0.590. The summed E-state index contributed by atoms with van der Waals surface area (Å²) < 4.78 is 0. The van der Waals surface area contributed by atoms with Crippen LogP contribution in [0.2, 0.25) is 0 Å². The maximum absolute atomic E-state index is 4.43. The minimum Gasteiger partial charge on any atom is -0.253 e. The molecule has 2 aromatic carbocycles. The molecule has 2 aliphatic carbocycles. The van der Waals surface area contributed by atoms with Gasteiger partial charge in [-0.2, -0.15) is 0 Å². The lowest BCUT2D eigenvalue weighted by Gasteiger charge is -2.19. The van der Waals surface area contributed by atoms with Gasteiger partial charge in [0, 0.05) is 21.5 Å². The quantitative estimate of drug-likeness (QED) is 0.405. The minimum atomic E-state index is 0.200. The lowest BCUT2D eigenvalue weighted by atomic mass is 9.86. The molecule has 1 nitrogen and oxygen atoms in total. The van der Waals surface area contributed by atoms with E-state index in [4.69, 9.17) is 0 Å². The Morgan fingerprint density at radius 2 is 1.65 bits per heavy atom. The van der Waals surface area contributed by atoms with E-state index in [1.54, 1.807) is 0 Å². The Balaban J connectivity index is 0.000000207. The number of hydrogen-bond donors (Lipinski definition) is 0. The molecule has 34 heavy (non-hydrogen) atoms. The largest absolute Gasteiger partial charge is 0.253 e. The van der Waals surface area contributed by atoms with Crippen LogP contribution in [0, 0.1) is 0 Å². The first-order valence-corrected chi connectivity index (χ1v) is 13.0. The Morgan fingerprint density at radius 3 is 2.26 bits per heavy atom. The van der Waals surface area contributed by atoms with Crippen molar-refractivity contribution in [3.63, 3.8) is 0 Å². The van der Waals surface area contributed by atoms with Crippen LogP contribution in [-0.4, -0.2) is 16.0 Å². The van der Waals surface area contributed by atoms with Crippen LogP contribution >= 0.6 is 0 Å². The first-order valence-electron chi connectivity index (χ1n) is 12.4. The van der Waals surface area contributed by atoms with Gasteiger partial charge >= 0.3 is 0 Å². The van der Waals surface area contributed by atoms with E-state index in [-0.39, 0.29) is 5.41 Å². The van der Waals surface area contributed by atoms with Gasteiger partial charge in [-0.25, -0.2) is 0 Å². The van der Waals surface area contributed by atoms with Crippen LogP contribution in [-0.2, 0) is 5.41 Å². The van der Waals surface area contributed by atoms with Crippen LogP contribution in [0.25, 0.3) is 17.2 Å². The predicted molar refractivity (Wildman–Crippen MR) is 150 cm³/mol. The molecule has 0 saturated heterocycles. The fourth-order valence-corrected chi connectivity index (χ4v) is 5.45. The molecule has 0 amide bonds. The second kappa shape index (κ2) is 9.50. The number of allylic oxidation sites excluding steroid dienone is 5. The van der Waals surface area contributed by atoms with Gasteiger partial charge in [0.2, 0.25) is 0 Å². The van der Waals surface area contributed by atoms with Crippen molar-refractivity contribution in [3.8, 4) is 11.1 Å². The number of benzene rings is 2. The molecule has 2 aromatic rings. The van der Waals surface area contributed by atoms with Crippen molar-refractivity contribution in [1.29, 1.82) is 0 Å². The van der Waals surface area contributed by atoms with Gasteiger partial charge in [-0.3, -0.25) is 4.99 Å². The van der Waals surface area contributed by atoms with E-state index in [1.165, 1.54) is 62.2 Å². The van der Waals surface area contributed by atoms with Crippen LogP contribution in [0.15, 0.2) is 87.6 Å². The van der Waals surface area contributed by atoms with Crippen LogP contribution in [0.1, 0.15) is 83.5 Å². The molecule has 2 heteroatoms. The summed E-state index contributed by atoms with van der Waals surface area (Å²) in [5.41, 5.74) is 15.2. The molecular formula is C32H36NSi. The summed E-state index contributed by atoms with van der Waals surface area (Å²) in [6, 6.07) is 15.8. The van der Waals surface area contributed by atoms with Crippen LogP contribution in [0.3, 0.4) is 0 Å². The zero-order valence-electron chi connectivity index (χ0n) is 21.7. The Bertz CT molecular complexity index is 1260. The summed E-state index contributed by atoms with van der Waals surface area (Å²) in [6.07, 6.45) is 8.96. The maximum atomic E-state index is 4.43. The average molecular weight is 463 g/mol. The predicted octanol–water partition coefficient (Wildman–Crippen LogP) is 8.68. The molecule has 173 valence electrons. The molecular weight excluding hydrogens is 426 g/mol. The minimum absolute atomic E-state index is 0.200. The fourth-order valence-electron chi connectivity index (χ4n) is 4.97. The van der Waals surface area contributed by atoms with Crippen molar-refractivity contribution >= 4 is 22.0 Å². The standard InChI is InChI=1S/C22H25Si.C10H11N/c1-5-7-16-14-20-18(8-6-9-19(20)21(16)23)15-10-12-17(13-11-15)22(2,3)4;1-6-4-5-9-10(6)7(2)8(3)11-9/h6,8-14,21H,5,7H2,1-4H3;4-5H,1-3H3. The van der Waals surface area contributed by atoms with Crippen molar-refractivity contribution in [2.24, 2.45) is 4.99 Å². The number of rotatable bonds is 3. The molecule has 0 spiro atoms. The Morgan fingerprint density at radius 1 is 0.941 bits per heavy atom. The highest BCUT2D eigenvalue weighted by Crippen LogP contribution is 2.41. The van der Waals surface area contributed by atoms with Crippen molar-refractivity contribution in [2.45, 2.75) is 72.3 Å². The van der Waals surface area contributed by atoms with Gasteiger partial charge in [0.15, 0.2) is 0 Å². The number of fused-ring (bicyclic) bond motifs is 2. The topological polar surface area (TPSA) is 12.4 Å². The van der Waals surface area contributed by atoms with Gasteiger partial charge in [-0.05, 0) is 83.2 Å². The molecule has 0 aromatic heterocycles. The van der Waals surface area contributed by atoms with E-state index in [2.05, 4.69) is 124 Å². The Kier molecular flexibility index (Phi) is 6.82. The zero-order valence-corrected chi connectivity index (χ0v) is 22.7. The van der Waals surface area contributed by atoms with Gasteiger partial charge in [-0.15, -0.1) is 0 Å². The lowest BCUT2D eigenvalue weighted by Crippen LogP contribution is -2.10. The van der Waals surface area contributed by atoms with Crippen LogP contribution in [0.5, 0.6) is 0 Å². The highest BCUT2D eigenvalue weighted by atomic mass is 28.1. The van der Waals surface area contributed by atoms with Crippen molar-refractivity contribution in [2.75, 3.05) is 0 Å². The van der Waals surface area contributed by atoms with Crippen molar-refractivity contribution in [1.82, 2.24) is 0 Å². The Hall–Kier alpha value is -2.71. The van der Waals surface area contributed by atoms with Gasteiger partial charge in [0.25, 0.3) is 0 Å². The Labute approximate surface area is 209 Å². The van der Waals surface area contributed by atoms with E-state index >= 15 is 0 Å². The van der Waals surface area contributed by atoms with E-state index in [9.17, 15) is 0 Å². The third-order valence-corrected chi connectivity index (χ3v) is 7.78. The van der Waals surface area contributed by atoms with Gasteiger partial charge < -0.3 is 0 Å². The summed E-state index contributed by atoms with van der Waals surface area (Å²) in [5, 5.41) is 0. The molecule has 1 unspecified atom stereocenters. The molecule has 0 bridgehead atoms. The number of aliphatic imine (C=N–C) groups is 1. The third kappa shape index (κ3) is 4.61. The summed E-state index contributed by atoms with van der Waals surface area (Å²) in [6.45, 7) is 15.4. The van der Waals surface area contributed by atoms with Gasteiger partial charge in [-0.1, -0.05) is 94.3 Å².